The molecule has 0 saturated carbocycles. The molecule has 25 heavy (non-hydrogen) atoms. The second kappa shape index (κ2) is 8.51. The Kier molecular flexibility index (Phi) is 6.39. The molecule has 2 rings (SSSR count). The highest BCUT2D eigenvalue weighted by molar-refractivity contribution is 5.93. The molecule has 0 fully saturated rings. The van der Waals surface area contributed by atoms with Gasteiger partial charge >= 0.3 is 0 Å². The van der Waals surface area contributed by atoms with E-state index in [1.165, 1.54) is 5.56 Å². The van der Waals surface area contributed by atoms with Crippen LogP contribution in [0.1, 0.15) is 48.8 Å². The van der Waals surface area contributed by atoms with Gasteiger partial charge < -0.3 is 15.0 Å². The van der Waals surface area contributed by atoms with Crippen molar-refractivity contribution in [2.45, 2.75) is 52.7 Å². The standard InChI is InChI=1S/C20H26N2O3/c1-13(2)25-17-10-8-16(9-11-17)7-5-14(3)21-19(23)18-12-6-15(4)22-20(18)24/h6,8-14H,5,7H2,1-4H3,(H,21,23)(H,22,24)/t14-/m0/s1. The Hall–Kier alpha value is -2.56. The van der Waals surface area contributed by atoms with Crippen LogP contribution in [0.15, 0.2) is 41.2 Å². The van der Waals surface area contributed by atoms with Gasteiger partial charge in [0.05, 0.1) is 6.10 Å². The molecule has 0 aliphatic rings. The summed E-state index contributed by atoms with van der Waals surface area (Å²) in [6.07, 6.45) is 1.79. The minimum Gasteiger partial charge on any atom is -0.491 e. The molecule has 0 radical (unpaired) electrons. The summed E-state index contributed by atoms with van der Waals surface area (Å²) in [7, 11) is 0. The van der Waals surface area contributed by atoms with Crippen LogP contribution in [0.3, 0.4) is 0 Å². The number of nitrogens with one attached hydrogen (secondary N) is 2. The number of aromatic nitrogens is 1. The van der Waals surface area contributed by atoms with Gasteiger partial charge in [0.25, 0.3) is 11.5 Å². The molecular weight excluding hydrogens is 316 g/mol. The van der Waals surface area contributed by atoms with E-state index < -0.39 is 0 Å². The molecular formula is C20H26N2O3. The third-order valence-corrected chi connectivity index (χ3v) is 3.84. The summed E-state index contributed by atoms with van der Waals surface area (Å²) in [4.78, 5) is 26.7. The Balaban J connectivity index is 1.86. The van der Waals surface area contributed by atoms with Crippen LogP contribution in [0.2, 0.25) is 0 Å². The lowest BCUT2D eigenvalue weighted by molar-refractivity contribution is 0.0937. The van der Waals surface area contributed by atoms with Crippen molar-refractivity contribution in [1.82, 2.24) is 10.3 Å². The van der Waals surface area contributed by atoms with Crippen molar-refractivity contribution in [2.24, 2.45) is 0 Å². The SMILES string of the molecule is Cc1ccc(C(=O)N[C@@H](C)CCc2ccc(OC(C)C)cc2)c(=O)[nH]1. The maximum Gasteiger partial charge on any atom is 0.260 e. The van der Waals surface area contributed by atoms with Crippen molar-refractivity contribution >= 4 is 5.91 Å². The lowest BCUT2D eigenvalue weighted by Crippen LogP contribution is -2.36. The van der Waals surface area contributed by atoms with Crippen molar-refractivity contribution < 1.29 is 9.53 Å². The number of hydrogen-bond donors (Lipinski definition) is 2. The van der Waals surface area contributed by atoms with Gasteiger partial charge in [0.15, 0.2) is 0 Å². The Bertz CT molecular complexity index is 763. The van der Waals surface area contributed by atoms with Gasteiger partial charge in [-0.2, -0.15) is 0 Å². The van der Waals surface area contributed by atoms with E-state index in [-0.39, 0.29) is 29.2 Å². The van der Waals surface area contributed by atoms with Crippen LogP contribution < -0.4 is 15.6 Å². The third-order valence-electron chi connectivity index (χ3n) is 3.84. The molecule has 0 aliphatic heterocycles. The number of rotatable bonds is 7. The second-order valence-electron chi connectivity index (χ2n) is 6.61. The number of hydrogen-bond acceptors (Lipinski definition) is 3. The van der Waals surface area contributed by atoms with E-state index in [4.69, 9.17) is 4.74 Å². The molecule has 0 unspecified atom stereocenters. The topological polar surface area (TPSA) is 71.2 Å². The highest BCUT2D eigenvalue weighted by atomic mass is 16.5. The summed E-state index contributed by atoms with van der Waals surface area (Å²) in [5.41, 5.74) is 1.71. The zero-order chi connectivity index (χ0) is 18.4. The molecule has 1 amide bonds. The van der Waals surface area contributed by atoms with Crippen LogP contribution in [0.25, 0.3) is 0 Å². The summed E-state index contributed by atoms with van der Waals surface area (Å²) >= 11 is 0. The third kappa shape index (κ3) is 5.78. The quantitative estimate of drug-likeness (QED) is 0.811. The predicted octanol–water partition coefficient (Wildman–Crippen LogP) is 3.22. The number of benzene rings is 1. The summed E-state index contributed by atoms with van der Waals surface area (Å²) in [5.74, 6) is 0.521. The Morgan fingerprint density at radius 3 is 2.40 bits per heavy atom. The molecule has 5 heteroatoms. The van der Waals surface area contributed by atoms with Crippen molar-refractivity contribution in [3.05, 3.63) is 63.6 Å². The van der Waals surface area contributed by atoms with Crippen LogP contribution in [0.5, 0.6) is 5.75 Å². The first-order valence-electron chi connectivity index (χ1n) is 8.61. The van der Waals surface area contributed by atoms with E-state index in [1.807, 2.05) is 45.0 Å². The smallest absolute Gasteiger partial charge is 0.260 e. The fourth-order valence-electron chi connectivity index (χ4n) is 2.51. The molecule has 1 aromatic heterocycles. The van der Waals surface area contributed by atoms with Crippen molar-refractivity contribution in [3.63, 3.8) is 0 Å². The lowest BCUT2D eigenvalue weighted by atomic mass is 10.1. The zero-order valence-corrected chi connectivity index (χ0v) is 15.3. The van der Waals surface area contributed by atoms with E-state index in [9.17, 15) is 9.59 Å². The van der Waals surface area contributed by atoms with E-state index in [1.54, 1.807) is 19.1 Å². The first-order chi connectivity index (χ1) is 11.8. The minimum absolute atomic E-state index is 0.0280. The van der Waals surface area contributed by atoms with Crippen LogP contribution in [0.4, 0.5) is 0 Å². The molecule has 134 valence electrons. The van der Waals surface area contributed by atoms with Crippen molar-refractivity contribution in [2.75, 3.05) is 0 Å². The van der Waals surface area contributed by atoms with Gasteiger partial charge in [-0.15, -0.1) is 0 Å². The molecule has 1 heterocycles. The number of H-pyrrole nitrogens is 1. The Morgan fingerprint density at radius 2 is 1.80 bits per heavy atom. The minimum atomic E-state index is -0.356. The summed E-state index contributed by atoms with van der Waals surface area (Å²) < 4.78 is 5.63. The Morgan fingerprint density at radius 1 is 1.12 bits per heavy atom. The predicted molar refractivity (Wildman–Crippen MR) is 99.3 cm³/mol. The van der Waals surface area contributed by atoms with Crippen molar-refractivity contribution in [1.29, 1.82) is 0 Å². The average molecular weight is 342 g/mol. The van der Waals surface area contributed by atoms with Gasteiger partial charge in [0.1, 0.15) is 11.3 Å². The highest BCUT2D eigenvalue weighted by Crippen LogP contribution is 2.15. The van der Waals surface area contributed by atoms with Crippen LogP contribution in [-0.4, -0.2) is 23.0 Å². The number of carbonyl (C=O) groups is 1. The van der Waals surface area contributed by atoms with E-state index in [0.717, 1.165) is 24.3 Å². The first kappa shape index (κ1) is 18.8. The summed E-state index contributed by atoms with van der Waals surface area (Å²) in [5, 5.41) is 2.88. The van der Waals surface area contributed by atoms with Crippen LogP contribution in [-0.2, 0) is 6.42 Å². The normalized spacial score (nSPS) is 12.0. The van der Waals surface area contributed by atoms with E-state index >= 15 is 0 Å². The van der Waals surface area contributed by atoms with Gasteiger partial charge in [-0.1, -0.05) is 12.1 Å². The molecule has 0 aliphatic carbocycles. The maximum absolute atomic E-state index is 12.2. The van der Waals surface area contributed by atoms with Crippen LogP contribution in [0, 0.1) is 6.92 Å². The fraction of sp³-hybridized carbons (Fsp3) is 0.400. The summed E-state index contributed by atoms with van der Waals surface area (Å²) in [6.45, 7) is 7.72. The van der Waals surface area contributed by atoms with Crippen molar-refractivity contribution in [3.8, 4) is 5.75 Å². The molecule has 0 spiro atoms. The number of aromatic amines is 1. The molecule has 1 atom stereocenters. The summed E-state index contributed by atoms with van der Waals surface area (Å²) in [6, 6.07) is 11.3. The number of aryl methyl sites for hydroxylation is 2. The largest absolute Gasteiger partial charge is 0.491 e. The second-order valence-corrected chi connectivity index (χ2v) is 6.61. The van der Waals surface area contributed by atoms with Crippen LogP contribution >= 0.6 is 0 Å². The number of ether oxygens (including phenoxy) is 1. The molecule has 0 saturated heterocycles. The molecule has 2 N–H and O–H groups in total. The molecule has 0 bridgehead atoms. The van der Waals surface area contributed by atoms with Gasteiger partial charge in [0.2, 0.25) is 0 Å². The fourth-order valence-corrected chi connectivity index (χ4v) is 2.51. The Labute approximate surface area is 148 Å². The van der Waals surface area contributed by atoms with E-state index in [2.05, 4.69) is 10.3 Å². The monoisotopic (exact) mass is 342 g/mol. The van der Waals surface area contributed by atoms with E-state index in [0.29, 0.717) is 0 Å². The van der Waals surface area contributed by atoms with Gasteiger partial charge in [-0.05, 0) is 70.4 Å². The number of amides is 1. The average Bonchev–Trinajstić information content (AvgIpc) is 2.53. The highest BCUT2D eigenvalue weighted by Gasteiger charge is 2.13. The lowest BCUT2D eigenvalue weighted by Gasteiger charge is -2.14. The maximum atomic E-state index is 12.2. The molecule has 1 aromatic carbocycles. The zero-order valence-electron chi connectivity index (χ0n) is 15.3. The van der Waals surface area contributed by atoms with Gasteiger partial charge in [-0.25, -0.2) is 0 Å². The molecule has 5 nitrogen and oxygen atoms in total. The number of pyridine rings is 1. The van der Waals surface area contributed by atoms with Gasteiger partial charge in [-0.3, -0.25) is 9.59 Å². The first-order valence-corrected chi connectivity index (χ1v) is 8.61. The number of carbonyl (C=O) groups excluding carboxylic acids is 1. The van der Waals surface area contributed by atoms with Gasteiger partial charge in [0, 0.05) is 11.7 Å². The molecule has 2 aromatic rings.